The molecule has 4 aliphatic rings. The summed E-state index contributed by atoms with van der Waals surface area (Å²) in [5.41, 5.74) is 0.894. The number of nitrogens with one attached hydrogen (secondary N) is 1. The van der Waals surface area contributed by atoms with Crippen LogP contribution in [0.4, 0.5) is 0 Å². The number of thioether (sulfide) groups is 1. The summed E-state index contributed by atoms with van der Waals surface area (Å²) in [4.78, 5) is 54.7. The molecule has 178 valence electrons. The summed E-state index contributed by atoms with van der Waals surface area (Å²) < 4.78 is 5.33. The number of aliphatic carboxylic acids is 1. The molecular formula is C23H22N2O7S2. The number of amides is 2. The first kappa shape index (κ1) is 21.7. The summed E-state index contributed by atoms with van der Waals surface area (Å²) in [6.45, 7) is -0.0961. The molecular weight excluding hydrogens is 480 g/mol. The number of methoxy groups -OCH3 is 1. The molecule has 34 heavy (non-hydrogen) atoms. The second kappa shape index (κ2) is 7.61. The lowest BCUT2D eigenvalue weighted by molar-refractivity contribution is -0.142. The quantitative estimate of drug-likeness (QED) is 0.529. The maximum absolute atomic E-state index is 13.3. The van der Waals surface area contributed by atoms with Gasteiger partial charge in [0.25, 0.3) is 0 Å². The normalized spacial score (nSPS) is 33.1. The van der Waals surface area contributed by atoms with Gasteiger partial charge in [0.15, 0.2) is 11.5 Å². The van der Waals surface area contributed by atoms with Gasteiger partial charge in [0, 0.05) is 22.6 Å². The number of rotatable bonds is 5. The van der Waals surface area contributed by atoms with E-state index in [0.717, 1.165) is 38.1 Å². The Hall–Kier alpha value is -2.79. The summed E-state index contributed by atoms with van der Waals surface area (Å²) >= 11 is 2.76. The number of H-pyrrole nitrogens is 1. The number of phenols is 1. The molecule has 2 aliphatic heterocycles. The Labute approximate surface area is 202 Å². The van der Waals surface area contributed by atoms with Crippen LogP contribution in [0.3, 0.4) is 0 Å². The smallest absolute Gasteiger partial charge is 0.305 e. The zero-order chi connectivity index (χ0) is 23.9. The number of ether oxygens (including phenoxy) is 1. The minimum absolute atomic E-state index is 0.0191. The predicted octanol–water partition coefficient (Wildman–Crippen LogP) is 2.10. The second-order valence-electron chi connectivity index (χ2n) is 9.36. The van der Waals surface area contributed by atoms with E-state index >= 15 is 0 Å². The molecule has 7 atom stereocenters. The van der Waals surface area contributed by atoms with Crippen LogP contribution in [0.25, 0.3) is 0 Å². The zero-order valence-corrected chi connectivity index (χ0v) is 19.7. The number of thiazole rings is 1. The molecule has 3 heterocycles. The largest absolute Gasteiger partial charge is 0.504 e. The highest BCUT2D eigenvalue weighted by Gasteiger charge is 2.69. The summed E-state index contributed by atoms with van der Waals surface area (Å²) in [6, 6.07) is 5.19. The molecule has 3 fully saturated rings. The van der Waals surface area contributed by atoms with E-state index in [2.05, 4.69) is 4.98 Å². The number of imide groups is 1. The summed E-state index contributed by atoms with van der Waals surface area (Å²) in [5, 5.41) is 20.0. The van der Waals surface area contributed by atoms with Gasteiger partial charge in [-0.05, 0) is 41.9 Å². The van der Waals surface area contributed by atoms with Crippen molar-refractivity contribution in [1.29, 1.82) is 0 Å². The first-order chi connectivity index (χ1) is 16.3. The fraction of sp³-hybridized carbons (Fsp3) is 0.478. The Bertz CT molecular complexity index is 1290. The van der Waals surface area contributed by atoms with Crippen LogP contribution in [0.15, 0.2) is 28.0 Å². The number of carboxylic acid groups (broad SMARTS) is 1. The van der Waals surface area contributed by atoms with Crippen molar-refractivity contribution in [2.24, 2.45) is 29.6 Å². The van der Waals surface area contributed by atoms with E-state index in [1.54, 1.807) is 23.9 Å². The van der Waals surface area contributed by atoms with E-state index < -0.39 is 17.8 Å². The third-order valence-corrected chi connectivity index (χ3v) is 10.5. The van der Waals surface area contributed by atoms with Crippen molar-refractivity contribution in [3.05, 3.63) is 38.3 Å². The molecule has 2 saturated carbocycles. The van der Waals surface area contributed by atoms with Crippen LogP contribution >= 0.6 is 23.1 Å². The number of likely N-dealkylation sites (tertiary alicyclic amines) is 1. The van der Waals surface area contributed by atoms with Crippen LogP contribution in [-0.2, 0) is 14.4 Å². The molecule has 0 spiro atoms. The molecule has 3 N–H and O–H groups in total. The number of carbonyl (C=O) groups is 3. The van der Waals surface area contributed by atoms with Crippen LogP contribution in [0, 0.1) is 29.6 Å². The highest BCUT2D eigenvalue weighted by molar-refractivity contribution is 8.00. The van der Waals surface area contributed by atoms with E-state index in [1.807, 2.05) is 6.07 Å². The van der Waals surface area contributed by atoms with Crippen LogP contribution in [-0.4, -0.2) is 56.8 Å². The van der Waals surface area contributed by atoms with Gasteiger partial charge in [-0.1, -0.05) is 17.4 Å². The number of hydrogen-bond donors (Lipinski definition) is 3. The lowest BCUT2D eigenvalue weighted by atomic mass is 9.68. The average molecular weight is 503 g/mol. The number of nitrogens with zero attached hydrogens (tertiary/aromatic N) is 1. The molecule has 0 radical (unpaired) electrons. The number of aromatic hydroxyl groups is 1. The molecule has 2 aliphatic carbocycles. The number of aromatic nitrogens is 1. The van der Waals surface area contributed by atoms with Crippen LogP contribution in [0.1, 0.15) is 29.2 Å². The number of fused-ring (bicyclic) bond motifs is 9. The number of aromatic amines is 1. The monoisotopic (exact) mass is 502 g/mol. The van der Waals surface area contributed by atoms with Gasteiger partial charge in [-0.25, -0.2) is 0 Å². The molecule has 2 bridgehead atoms. The number of benzene rings is 1. The molecule has 11 heteroatoms. The van der Waals surface area contributed by atoms with Crippen LogP contribution < -0.4 is 9.61 Å². The highest BCUT2D eigenvalue weighted by Crippen LogP contribution is 2.68. The Morgan fingerprint density at radius 1 is 1.21 bits per heavy atom. The molecule has 1 aromatic carbocycles. The number of hydrogen-bond acceptors (Lipinski definition) is 8. The van der Waals surface area contributed by atoms with E-state index in [-0.39, 0.29) is 64.3 Å². The molecule has 6 rings (SSSR count). The maximum Gasteiger partial charge on any atom is 0.305 e. The topological polar surface area (TPSA) is 137 Å². The minimum Gasteiger partial charge on any atom is -0.504 e. The van der Waals surface area contributed by atoms with Crippen molar-refractivity contribution in [3.8, 4) is 11.5 Å². The van der Waals surface area contributed by atoms with E-state index in [9.17, 15) is 24.3 Å². The molecule has 9 nitrogen and oxygen atoms in total. The van der Waals surface area contributed by atoms with Crippen LogP contribution in [0.5, 0.6) is 11.5 Å². The Kier molecular flexibility index (Phi) is 4.86. The number of phenolic OH excluding ortho intramolecular Hbond substituents is 1. The lowest BCUT2D eigenvalue weighted by Gasteiger charge is -2.43. The fourth-order valence-electron chi connectivity index (χ4n) is 6.77. The highest BCUT2D eigenvalue weighted by atomic mass is 32.2. The van der Waals surface area contributed by atoms with Gasteiger partial charge < -0.3 is 19.9 Å². The summed E-state index contributed by atoms with van der Waals surface area (Å²) in [6.07, 6.45) is 0.495. The van der Waals surface area contributed by atoms with Gasteiger partial charge in [0.05, 0.1) is 30.4 Å². The van der Waals surface area contributed by atoms with Crippen molar-refractivity contribution in [2.45, 2.75) is 29.0 Å². The van der Waals surface area contributed by atoms with Gasteiger partial charge in [0.2, 0.25) is 11.8 Å². The first-order valence-electron chi connectivity index (χ1n) is 11.1. The molecule has 2 amide bonds. The minimum atomic E-state index is -1.04. The fourth-order valence-corrected chi connectivity index (χ4v) is 9.66. The van der Waals surface area contributed by atoms with Crippen molar-refractivity contribution >= 4 is 40.9 Å². The number of carboxylic acids is 1. The standard InChI is InChI=1S/C23H22N2O7S2/c1-32-12-6-8(2-3-11(12)26)14-15-9-7-10(18(15)33-20-19(14)34-23(31)24-20)17-16(9)21(29)25(22(17)30)5-4-13(27)28/h2-3,6,9-10,14-18,26H,4-5,7H2,1H3,(H,24,31)(H,27,28)/t9?,10?,14-,15?,16?,17?,18?/m1/s1. The van der Waals surface area contributed by atoms with E-state index in [4.69, 9.17) is 9.84 Å². The van der Waals surface area contributed by atoms with Crippen molar-refractivity contribution in [3.63, 3.8) is 0 Å². The third kappa shape index (κ3) is 2.92. The maximum atomic E-state index is 13.3. The van der Waals surface area contributed by atoms with Crippen molar-refractivity contribution in [2.75, 3.05) is 13.7 Å². The lowest BCUT2D eigenvalue weighted by Crippen LogP contribution is -2.42. The van der Waals surface area contributed by atoms with Crippen molar-refractivity contribution < 1.29 is 29.3 Å². The van der Waals surface area contributed by atoms with Crippen LogP contribution in [0.2, 0.25) is 0 Å². The summed E-state index contributed by atoms with van der Waals surface area (Å²) in [7, 11) is 1.48. The molecule has 1 saturated heterocycles. The van der Waals surface area contributed by atoms with Crippen molar-refractivity contribution in [1.82, 2.24) is 9.88 Å². The Balaban J connectivity index is 1.42. The molecule has 2 aromatic rings. The first-order valence-corrected chi connectivity index (χ1v) is 12.8. The van der Waals surface area contributed by atoms with E-state index in [0.29, 0.717) is 5.75 Å². The Morgan fingerprint density at radius 2 is 1.94 bits per heavy atom. The Morgan fingerprint density at radius 3 is 2.65 bits per heavy atom. The predicted molar refractivity (Wildman–Crippen MR) is 122 cm³/mol. The van der Waals surface area contributed by atoms with Gasteiger partial charge in [-0.2, -0.15) is 0 Å². The van der Waals surface area contributed by atoms with Gasteiger partial charge >= 0.3 is 10.8 Å². The summed E-state index contributed by atoms with van der Waals surface area (Å²) in [5.74, 6) is -2.29. The number of carbonyl (C=O) groups excluding carboxylic acids is 2. The van der Waals surface area contributed by atoms with Gasteiger partial charge in [0.1, 0.15) is 0 Å². The third-order valence-electron chi connectivity index (χ3n) is 7.93. The van der Waals surface area contributed by atoms with Gasteiger partial charge in [-0.15, -0.1) is 11.8 Å². The van der Waals surface area contributed by atoms with Gasteiger partial charge in [-0.3, -0.25) is 24.1 Å². The zero-order valence-electron chi connectivity index (χ0n) is 18.1. The average Bonchev–Trinajstić information content (AvgIpc) is 3.52. The SMILES string of the molecule is COc1cc([C@H]2c3sc(=O)[nH]c3SC3C4CC(C5C(=O)N(CCC(=O)O)C(=O)C45)C32)ccc1O. The molecule has 1 aromatic heterocycles. The molecule has 6 unspecified atom stereocenters. The second-order valence-corrected chi connectivity index (χ2v) is 11.6. The van der Waals surface area contributed by atoms with E-state index in [1.165, 1.54) is 7.11 Å².